The monoisotopic (exact) mass is 465 g/mol. The number of hydrogen-bond acceptors (Lipinski definition) is 5. The zero-order chi connectivity index (χ0) is 20.5. The van der Waals surface area contributed by atoms with Gasteiger partial charge in [0.05, 0.1) is 10.7 Å². The van der Waals surface area contributed by atoms with Crippen LogP contribution in [0.2, 0.25) is 0 Å². The van der Waals surface area contributed by atoms with Gasteiger partial charge in [0.15, 0.2) is 9.84 Å². The molecule has 28 heavy (non-hydrogen) atoms. The summed E-state index contributed by atoms with van der Waals surface area (Å²) in [5.41, 5.74) is 0.536. The van der Waals surface area contributed by atoms with E-state index in [1.807, 2.05) is 6.07 Å². The molecule has 3 aromatic carbocycles. The Morgan fingerprint density at radius 2 is 1.71 bits per heavy atom. The van der Waals surface area contributed by atoms with Crippen molar-refractivity contribution >= 4 is 31.5 Å². The van der Waals surface area contributed by atoms with Crippen molar-refractivity contribution in [2.45, 2.75) is 10.6 Å². The third-order valence-corrected chi connectivity index (χ3v) is 6.18. The standard InChI is InChI=1S/C19H13BrFNO5S/c20-15-9-17(22(24)25)19(23)18(10-15)28(26,27)11-14-8-13(6-7-16(14)21)12-4-2-1-3-5-12/h1-10,23H,11H2. The van der Waals surface area contributed by atoms with Gasteiger partial charge >= 0.3 is 5.69 Å². The average molecular weight is 466 g/mol. The summed E-state index contributed by atoms with van der Waals surface area (Å²) >= 11 is 3.00. The van der Waals surface area contributed by atoms with Gasteiger partial charge in [-0.2, -0.15) is 0 Å². The van der Waals surface area contributed by atoms with Gasteiger partial charge in [0.2, 0.25) is 5.75 Å². The first-order chi connectivity index (χ1) is 13.2. The highest BCUT2D eigenvalue weighted by molar-refractivity contribution is 9.10. The number of rotatable bonds is 5. The lowest BCUT2D eigenvalue weighted by Gasteiger charge is -2.10. The second-order valence-electron chi connectivity index (χ2n) is 5.96. The van der Waals surface area contributed by atoms with Crippen molar-refractivity contribution in [3.05, 3.63) is 86.6 Å². The fraction of sp³-hybridized carbons (Fsp3) is 0.0526. The van der Waals surface area contributed by atoms with Crippen LogP contribution in [0.1, 0.15) is 5.56 Å². The van der Waals surface area contributed by atoms with E-state index in [0.29, 0.717) is 5.56 Å². The van der Waals surface area contributed by atoms with Gasteiger partial charge in [-0.25, -0.2) is 12.8 Å². The average Bonchev–Trinajstić information content (AvgIpc) is 2.65. The maximum absolute atomic E-state index is 14.3. The molecule has 0 atom stereocenters. The molecule has 0 spiro atoms. The summed E-state index contributed by atoms with van der Waals surface area (Å²) in [6.07, 6.45) is 0. The molecular formula is C19H13BrFNO5S. The van der Waals surface area contributed by atoms with Gasteiger partial charge in [-0.15, -0.1) is 0 Å². The molecule has 0 aliphatic heterocycles. The summed E-state index contributed by atoms with van der Waals surface area (Å²) in [7, 11) is -4.27. The van der Waals surface area contributed by atoms with Crippen LogP contribution in [-0.4, -0.2) is 18.4 Å². The predicted molar refractivity (Wildman–Crippen MR) is 105 cm³/mol. The lowest BCUT2D eigenvalue weighted by atomic mass is 10.0. The van der Waals surface area contributed by atoms with E-state index < -0.39 is 42.7 Å². The Balaban J connectivity index is 2.06. The molecule has 0 unspecified atom stereocenters. The topological polar surface area (TPSA) is 97.5 Å². The highest BCUT2D eigenvalue weighted by Gasteiger charge is 2.28. The summed E-state index contributed by atoms with van der Waals surface area (Å²) in [5.74, 6) is -2.47. The molecule has 0 radical (unpaired) electrons. The van der Waals surface area contributed by atoms with Gasteiger partial charge in [-0.3, -0.25) is 10.1 Å². The van der Waals surface area contributed by atoms with E-state index in [1.165, 1.54) is 12.1 Å². The van der Waals surface area contributed by atoms with E-state index in [0.717, 1.165) is 23.8 Å². The first-order valence-corrected chi connectivity index (χ1v) is 10.4. The van der Waals surface area contributed by atoms with E-state index in [-0.39, 0.29) is 10.0 Å². The highest BCUT2D eigenvalue weighted by atomic mass is 79.9. The van der Waals surface area contributed by atoms with Crippen molar-refractivity contribution in [3.8, 4) is 16.9 Å². The van der Waals surface area contributed by atoms with Gasteiger partial charge in [0.25, 0.3) is 0 Å². The van der Waals surface area contributed by atoms with Crippen molar-refractivity contribution in [1.82, 2.24) is 0 Å². The number of halogens is 2. The fourth-order valence-electron chi connectivity index (χ4n) is 2.71. The summed E-state index contributed by atoms with van der Waals surface area (Å²) in [5, 5.41) is 21.1. The summed E-state index contributed by atoms with van der Waals surface area (Å²) in [4.78, 5) is 9.50. The number of benzene rings is 3. The molecule has 0 fully saturated rings. The first-order valence-electron chi connectivity index (χ1n) is 7.92. The van der Waals surface area contributed by atoms with Crippen LogP contribution < -0.4 is 0 Å². The molecule has 0 aromatic heterocycles. The van der Waals surface area contributed by atoms with Crippen molar-refractivity contribution in [1.29, 1.82) is 0 Å². The Bertz CT molecular complexity index is 1170. The number of nitro groups is 1. The SMILES string of the molecule is O=[N+]([O-])c1cc(Br)cc(S(=O)(=O)Cc2cc(-c3ccccc3)ccc2F)c1O. The molecule has 144 valence electrons. The van der Waals surface area contributed by atoms with E-state index >= 15 is 0 Å². The first kappa shape index (κ1) is 20.0. The zero-order valence-electron chi connectivity index (χ0n) is 14.2. The van der Waals surface area contributed by atoms with E-state index in [4.69, 9.17) is 0 Å². The second-order valence-corrected chi connectivity index (χ2v) is 8.83. The molecule has 6 nitrogen and oxygen atoms in total. The van der Waals surface area contributed by atoms with Crippen LogP contribution in [0, 0.1) is 15.9 Å². The van der Waals surface area contributed by atoms with Crippen LogP contribution >= 0.6 is 15.9 Å². The second kappa shape index (κ2) is 7.69. The molecular weight excluding hydrogens is 453 g/mol. The van der Waals surface area contributed by atoms with Gasteiger partial charge in [0, 0.05) is 16.1 Å². The third kappa shape index (κ3) is 4.05. The normalized spacial score (nSPS) is 11.4. The largest absolute Gasteiger partial charge is 0.501 e. The number of phenols is 1. The molecule has 1 N–H and O–H groups in total. The van der Waals surface area contributed by atoms with E-state index in [2.05, 4.69) is 15.9 Å². The highest BCUT2D eigenvalue weighted by Crippen LogP contribution is 2.38. The molecule has 0 saturated carbocycles. The molecule has 3 rings (SSSR count). The molecule has 0 aliphatic carbocycles. The van der Waals surface area contributed by atoms with Gasteiger partial charge in [0.1, 0.15) is 10.7 Å². The number of phenolic OH excluding ortho intramolecular Hbond substituents is 1. The molecule has 0 bridgehead atoms. The fourth-order valence-corrected chi connectivity index (χ4v) is 4.80. The molecule has 3 aromatic rings. The van der Waals surface area contributed by atoms with Crippen LogP contribution in [0.25, 0.3) is 11.1 Å². The quantitative estimate of drug-likeness (QED) is 0.429. The van der Waals surface area contributed by atoms with Crippen LogP contribution in [0.3, 0.4) is 0 Å². The Labute approximate surface area is 168 Å². The Hall–Kier alpha value is -2.78. The van der Waals surface area contributed by atoms with Crippen molar-refractivity contribution in [2.75, 3.05) is 0 Å². The zero-order valence-corrected chi connectivity index (χ0v) is 16.6. The van der Waals surface area contributed by atoms with E-state index in [1.54, 1.807) is 24.3 Å². The molecule has 0 aliphatic rings. The summed E-state index contributed by atoms with van der Waals surface area (Å²) < 4.78 is 39.9. The Morgan fingerprint density at radius 3 is 2.36 bits per heavy atom. The Kier molecular flexibility index (Phi) is 5.48. The van der Waals surface area contributed by atoms with Crippen LogP contribution in [0.15, 0.2) is 70.0 Å². The van der Waals surface area contributed by atoms with Gasteiger partial charge in [-0.05, 0) is 29.3 Å². The summed E-state index contributed by atoms with van der Waals surface area (Å²) in [6, 6.07) is 15.2. The van der Waals surface area contributed by atoms with Crippen molar-refractivity contribution in [3.63, 3.8) is 0 Å². The number of sulfone groups is 1. The summed E-state index contributed by atoms with van der Waals surface area (Å²) in [6.45, 7) is 0. The van der Waals surface area contributed by atoms with E-state index in [9.17, 15) is 28.0 Å². The maximum Gasteiger partial charge on any atom is 0.313 e. The minimum Gasteiger partial charge on any atom is -0.501 e. The minimum atomic E-state index is -4.27. The number of aromatic hydroxyl groups is 1. The van der Waals surface area contributed by atoms with Crippen LogP contribution in [0.5, 0.6) is 5.75 Å². The van der Waals surface area contributed by atoms with Crippen molar-refractivity contribution in [2.24, 2.45) is 0 Å². The molecule has 9 heteroatoms. The smallest absolute Gasteiger partial charge is 0.313 e. The lowest BCUT2D eigenvalue weighted by Crippen LogP contribution is -2.08. The minimum absolute atomic E-state index is 0.106. The maximum atomic E-state index is 14.3. The lowest BCUT2D eigenvalue weighted by molar-refractivity contribution is -0.386. The number of nitro benzene ring substituents is 1. The van der Waals surface area contributed by atoms with Gasteiger partial charge in [-0.1, -0.05) is 52.3 Å². The van der Waals surface area contributed by atoms with Gasteiger partial charge < -0.3 is 5.11 Å². The molecule has 0 saturated heterocycles. The van der Waals surface area contributed by atoms with Crippen LogP contribution in [-0.2, 0) is 15.6 Å². The molecule has 0 amide bonds. The molecule has 0 heterocycles. The van der Waals surface area contributed by atoms with Crippen LogP contribution in [0.4, 0.5) is 10.1 Å². The van der Waals surface area contributed by atoms with Crippen molar-refractivity contribution < 1.29 is 22.8 Å². The number of nitrogens with zero attached hydrogens (tertiary/aromatic N) is 1. The predicted octanol–water partition coefficient (Wildman–Crippen LogP) is 4.84. The third-order valence-electron chi connectivity index (χ3n) is 4.05. The number of hydrogen-bond donors (Lipinski definition) is 1. The Morgan fingerprint density at radius 1 is 1.04 bits per heavy atom.